The predicted molar refractivity (Wildman–Crippen MR) is 41.8 cm³/mol. The quantitative estimate of drug-likeness (QED) is 0.463. The number of hydrogen-bond acceptors (Lipinski definition) is 2. The Morgan fingerprint density at radius 1 is 1.10 bits per heavy atom. The van der Waals surface area contributed by atoms with Gasteiger partial charge in [-0.05, 0) is 12.2 Å². The Morgan fingerprint density at radius 2 is 1.70 bits per heavy atom. The van der Waals surface area contributed by atoms with E-state index in [2.05, 4.69) is 13.2 Å². The second-order valence-electron chi connectivity index (χ2n) is 1.60. The molecule has 0 aliphatic carbocycles. The highest BCUT2D eigenvalue weighted by Crippen LogP contribution is 1.96. The Labute approximate surface area is 60.1 Å². The highest BCUT2D eigenvalue weighted by molar-refractivity contribution is 5.22. The SMILES string of the molecule is C=C/C=C(O)\C=C(\O)C=C. The Kier molecular flexibility index (Phi) is 3.80. The molecule has 0 atom stereocenters. The molecule has 0 aromatic rings. The van der Waals surface area contributed by atoms with Crippen molar-refractivity contribution in [3.05, 3.63) is 49.0 Å². The molecule has 0 unspecified atom stereocenters. The van der Waals surface area contributed by atoms with Gasteiger partial charge in [0.05, 0.1) is 0 Å². The molecule has 0 amide bonds. The first-order chi connectivity index (χ1) is 4.70. The normalized spacial score (nSPS) is 12.8. The van der Waals surface area contributed by atoms with E-state index >= 15 is 0 Å². The highest BCUT2D eigenvalue weighted by Gasteiger charge is 1.85. The number of allylic oxidation sites excluding steroid dienone is 4. The van der Waals surface area contributed by atoms with Crippen LogP contribution in [0.5, 0.6) is 0 Å². The van der Waals surface area contributed by atoms with Crippen LogP contribution in [0.3, 0.4) is 0 Å². The van der Waals surface area contributed by atoms with E-state index in [0.717, 1.165) is 0 Å². The zero-order valence-corrected chi connectivity index (χ0v) is 5.62. The van der Waals surface area contributed by atoms with Gasteiger partial charge >= 0.3 is 0 Å². The maximum Gasteiger partial charge on any atom is 0.119 e. The van der Waals surface area contributed by atoms with Gasteiger partial charge in [-0.2, -0.15) is 0 Å². The molecule has 0 bridgehead atoms. The molecule has 0 saturated carbocycles. The molecule has 2 heteroatoms. The number of aliphatic hydroxyl groups is 2. The summed E-state index contributed by atoms with van der Waals surface area (Å²) in [5.74, 6) is -0.122. The summed E-state index contributed by atoms with van der Waals surface area (Å²) in [6.07, 6.45) is 5.18. The molecule has 2 nitrogen and oxygen atoms in total. The Hall–Kier alpha value is -1.44. The van der Waals surface area contributed by atoms with Crippen LogP contribution in [0, 0.1) is 0 Å². The van der Waals surface area contributed by atoms with Gasteiger partial charge in [0.15, 0.2) is 0 Å². The van der Waals surface area contributed by atoms with Crippen molar-refractivity contribution in [2.24, 2.45) is 0 Å². The minimum atomic E-state index is -0.0735. The van der Waals surface area contributed by atoms with Crippen molar-refractivity contribution >= 4 is 0 Å². The Morgan fingerprint density at radius 3 is 2.10 bits per heavy atom. The van der Waals surface area contributed by atoms with Crippen LogP contribution in [0.4, 0.5) is 0 Å². The molecule has 0 rings (SSSR count). The van der Waals surface area contributed by atoms with Crippen LogP contribution in [0.1, 0.15) is 0 Å². The largest absolute Gasteiger partial charge is 0.508 e. The molecule has 2 N–H and O–H groups in total. The molecule has 54 valence electrons. The van der Waals surface area contributed by atoms with Crippen LogP contribution in [0.2, 0.25) is 0 Å². The molecule has 0 aliphatic rings. The highest BCUT2D eigenvalue weighted by atomic mass is 16.3. The number of hydrogen-bond donors (Lipinski definition) is 2. The first-order valence-corrected chi connectivity index (χ1v) is 2.75. The first kappa shape index (κ1) is 8.56. The van der Waals surface area contributed by atoms with E-state index in [9.17, 15) is 0 Å². The van der Waals surface area contributed by atoms with Gasteiger partial charge < -0.3 is 10.2 Å². The second kappa shape index (κ2) is 4.44. The summed E-state index contributed by atoms with van der Waals surface area (Å²) in [6, 6.07) is 0. The molecule has 0 saturated heterocycles. The van der Waals surface area contributed by atoms with Crippen molar-refractivity contribution < 1.29 is 10.2 Å². The third-order valence-electron chi connectivity index (χ3n) is 0.794. The lowest BCUT2D eigenvalue weighted by Gasteiger charge is -1.89. The summed E-state index contributed by atoms with van der Waals surface area (Å²) in [6.45, 7) is 6.65. The fourth-order valence-electron chi connectivity index (χ4n) is 0.379. The Bertz CT molecular complexity index is 187. The monoisotopic (exact) mass is 138 g/mol. The molecule has 0 fully saturated rings. The van der Waals surface area contributed by atoms with Gasteiger partial charge in [0.25, 0.3) is 0 Å². The lowest BCUT2D eigenvalue weighted by Crippen LogP contribution is -1.77. The van der Waals surface area contributed by atoms with Crippen LogP contribution in [0.25, 0.3) is 0 Å². The van der Waals surface area contributed by atoms with Crippen molar-refractivity contribution in [3.8, 4) is 0 Å². The number of rotatable bonds is 3. The van der Waals surface area contributed by atoms with Crippen molar-refractivity contribution in [3.63, 3.8) is 0 Å². The zero-order chi connectivity index (χ0) is 7.98. The molecular weight excluding hydrogens is 128 g/mol. The van der Waals surface area contributed by atoms with E-state index < -0.39 is 0 Å². The van der Waals surface area contributed by atoms with Crippen LogP contribution in [0.15, 0.2) is 49.0 Å². The summed E-state index contributed by atoms with van der Waals surface area (Å²) in [5, 5.41) is 17.6. The average molecular weight is 138 g/mol. The third kappa shape index (κ3) is 3.55. The van der Waals surface area contributed by atoms with E-state index in [1.165, 1.54) is 24.3 Å². The maximum absolute atomic E-state index is 8.86. The van der Waals surface area contributed by atoms with Crippen LogP contribution >= 0.6 is 0 Å². The first-order valence-electron chi connectivity index (χ1n) is 2.75. The van der Waals surface area contributed by atoms with Crippen molar-refractivity contribution in [2.75, 3.05) is 0 Å². The minimum absolute atomic E-state index is 0.0487. The van der Waals surface area contributed by atoms with Crippen molar-refractivity contribution in [1.82, 2.24) is 0 Å². The number of aliphatic hydroxyl groups excluding tert-OH is 2. The summed E-state index contributed by atoms with van der Waals surface area (Å²) in [5.41, 5.74) is 0. The lowest BCUT2D eigenvalue weighted by molar-refractivity contribution is 0.405. The van der Waals surface area contributed by atoms with Crippen LogP contribution in [-0.4, -0.2) is 10.2 Å². The topological polar surface area (TPSA) is 40.5 Å². The van der Waals surface area contributed by atoms with Gasteiger partial charge in [0, 0.05) is 6.08 Å². The standard InChI is InChI=1S/C8H10O2/c1-3-5-8(10)6-7(9)4-2/h3-6,9-10H,1-2H2/b7-6+,8-5+. The third-order valence-corrected chi connectivity index (χ3v) is 0.794. The molecule has 0 aromatic carbocycles. The fraction of sp³-hybridized carbons (Fsp3) is 0. The fourth-order valence-corrected chi connectivity index (χ4v) is 0.379. The molecule has 0 aromatic heterocycles. The molecule has 0 radical (unpaired) electrons. The molecule has 10 heavy (non-hydrogen) atoms. The van der Waals surface area contributed by atoms with E-state index in [0.29, 0.717) is 0 Å². The molecule has 0 spiro atoms. The predicted octanol–water partition coefficient (Wildman–Crippen LogP) is 2.24. The lowest BCUT2D eigenvalue weighted by atomic mass is 10.3. The Balaban J connectivity index is 4.24. The second-order valence-corrected chi connectivity index (χ2v) is 1.60. The minimum Gasteiger partial charge on any atom is -0.508 e. The van der Waals surface area contributed by atoms with Crippen molar-refractivity contribution in [1.29, 1.82) is 0 Å². The molecular formula is C8H10O2. The van der Waals surface area contributed by atoms with Crippen LogP contribution < -0.4 is 0 Å². The summed E-state index contributed by atoms with van der Waals surface area (Å²) < 4.78 is 0. The van der Waals surface area contributed by atoms with Crippen molar-refractivity contribution in [2.45, 2.75) is 0 Å². The molecule has 0 heterocycles. The van der Waals surface area contributed by atoms with Gasteiger partial charge in [0.1, 0.15) is 11.5 Å². The average Bonchev–Trinajstić information content (AvgIpc) is 1.88. The van der Waals surface area contributed by atoms with Crippen LogP contribution in [-0.2, 0) is 0 Å². The summed E-state index contributed by atoms with van der Waals surface area (Å²) in [4.78, 5) is 0. The van der Waals surface area contributed by atoms with E-state index in [1.807, 2.05) is 0 Å². The smallest absolute Gasteiger partial charge is 0.119 e. The zero-order valence-electron chi connectivity index (χ0n) is 5.62. The summed E-state index contributed by atoms with van der Waals surface area (Å²) >= 11 is 0. The van der Waals surface area contributed by atoms with Gasteiger partial charge in [-0.3, -0.25) is 0 Å². The van der Waals surface area contributed by atoms with Gasteiger partial charge in [-0.1, -0.05) is 19.2 Å². The maximum atomic E-state index is 8.86. The summed E-state index contributed by atoms with van der Waals surface area (Å²) in [7, 11) is 0. The van der Waals surface area contributed by atoms with E-state index in [1.54, 1.807) is 0 Å². The van der Waals surface area contributed by atoms with Gasteiger partial charge in [-0.25, -0.2) is 0 Å². The van der Waals surface area contributed by atoms with E-state index in [-0.39, 0.29) is 11.5 Å². The van der Waals surface area contributed by atoms with Gasteiger partial charge in [-0.15, -0.1) is 0 Å². The van der Waals surface area contributed by atoms with E-state index in [4.69, 9.17) is 10.2 Å². The molecule has 0 aliphatic heterocycles. The van der Waals surface area contributed by atoms with Gasteiger partial charge in [0.2, 0.25) is 0 Å².